The van der Waals surface area contributed by atoms with E-state index in [2.05, 4.69) is 46.3 Å². The van der Waals surface area contributed by atoms with Crippen LogP contribution in [0.15, 0.2) is 101 Å². The Morgan fingerprint density at radius 1 is 0.452 bits per heavy atom. The smallest absolute Gasteiger partial charge is 1.00 e. The van der Waals surface area contributed by atoms with Crippen LogP contribution in [0.5, 0.6) is 0 Å². The van der Waals surface area contributed by atoms with Gasteiger partial charge in [-0.25, -0.2) is 19.9 Å². The van der Waals surface area contributed by atoms with Gasteiger partial charge in [0.15, 0.2) is 0 Å². The van der Waals surface area contributed by atoms with Crippen molar-refractivity contribution in [1.82, 2.24) is 38.2 Å². The molecule has 0 aliphatic heterocycles. The molecule has 4 aromatic rings. The van der Waals surface area contributed by atoms with Crippen LogP contribution < -0.4 is 34.0 Å². The summed E-state index contributed by atoms with van der Waals surface area (Å²) in [5.41, 5.74) is 0. The Morgan fingerprint density at radius 2 is 0.645 bits per heavy atom. The van der Waals surface area contributed by atoms with Crippen LogP contribution in [0.25, 0.3) is 24.8 Å². The van der Waals surface area contributed by atoms with Crippen molar-refractivity contribution in [3.8, 4) is 0 Å². The molecule has 0 unspecified atom stereocenters. The maximum atomic E-state index is 3.78. The van der Waals surface area contributed by atoms with Crippen LogP contribution in [0, 0.1) is 0 Å². The van der Waals surface area contributed by atoms with E-state index in [0.717, 1.165) is 0 Å². The van der Waals surface area contributed by atoms with Gasteiger partial charge in [-0.1, -0.05) is 26.3 Å². The minimum Gasteiger partial charge on any atom is -1.00 e. The van der Waals surface area contributed by atoms with Crippen molar-refractivity contribution in [3.63, 3.8) is 0 Å². The molecular weight excluding hydrogens is 576 g/mol. The zero-order valence-electron chi connectivity index (χ0n) is 16.7. The van der Waals surface area contributed by atoms with Crippen molar-refractivity contribution in [2.45, 2.75) is 0 Å². The molecule has 0 fully saturated rings. The Bertz CT molecular complexity index is 734. The van der Waals surface area contributed by atoms with Gasteiger partial charge in [0.2, 0.25) is 0 Å². The van der Waals surface area contributed by atoms with Gasteiger partial charge in [-0.15, -0.1) is 0 Å². The summed E-state index contributed by atoms with van der Waals surface area (Å²) in [7, 11) is 0. The summed E-state index contributed by atoms with van der Waals surface area (Å²) in [6.07, 6.45) is 27.6. The molecule has 0 N–H and O–H groups in total. The molecule has 4 aromatic heterocycles. The number of halogens is 2. The Labute approximate surface area is 214 Å². The Hall–Kier alpha value is -2.72. The normalized spacial score (nSPS) is 7.74. The van der Waals surface area contributed by atoms with Crippen LogP contribution in [-0.2, 0) is 17.1 Å². The molecule has 1 radical (unpaired) electrons. The molecule has 0 bridgehead atoms. The SMILES string of the molecule is C=Cn1ccnc1.C=Cn1ccnc1.C=Cn1ccnc1.C=Cn1ccnc1.[Br-].[Br-].[Cu+2]. The molecule has 0 aliphatic rings. The van der Waals surface area contributed by atoms with Gasteiger partial charge in [-0.3, -0.25) is 0 Å². The summed E-state index contributed by atoms with van der Waals surface area (Å²) < 4.78 is 7.11. The van der Waals surface area contributed by atoms with Crippen LogP contribution in [0.3, 0.4) is 0 Å². The third-order valence-corrected chi connectivity index (χ3v) is 2.94. The quantitative estimate of drug-likeness (QED) is 0.253. The van der Waals surface area contributed by atoms with Crippen LogP contribution in [0.2, 0.25) is 0 Å². The fraction of sp³-hybridized carbons (Fsp3) is 0. The van der Waals surface area contributed by atoms with Crippen LogP contribution in [0.1, 0.15) is 0 Å². The average Bonchev–Trinajstić information content (AvgIpc) is 3.57. The third-order valence-electron chi connectivity index (χ3n) is 2.94. The Balaban J connectivity index is -0.000000327. The van der Waals surface area contributed by atoms with E-state index in [4.69, 9.17) is 0 Å². The van der Waals surface area contributed by atoms with E-state index in [0.29, 0.717) is 0 Å². The van der Waals surface area contributed by atoms with Crippen LogP contribution >= 0.6 is 0 Å². The van der Waals surface area contributed by atoms with E-state index in [1.807, 2.05) is 24.8 Å². The molecule has 0 atom stereocenters. The third kappa shape index (κ3) is 15.7. The van der Waals surface area contributed by atoms with E-state index >= 15 is 0 Å². The van der Waals surface area contributed by atoms with Gasteiger partial charge in [0.05, 0.1) is 25.3 Å². The molecule has 0 aliphatic carbocycles. The fourth-order valence-electron chi connectivity index (χ4n) is 1.51. The van der Waals surface area contributed by atoms with Gasteiger partial charge >= 0.3 is 17.1 Å². The van der Waals surface area contributed by atoms with Crippen molar-refractivity contribution in [2.75, 3.05) is 0 Å². The first-order valence-electron chi connectivity index (χ1n) is 8.13. The number of rotatable bonds is 4. The largest absolute Gasteiger partial charge is 2.00 e. The Kier molecular flexibility index (Phi) is 23.3. The number of nitrogens with zero attached hydrogens (tertiary/aromatic N) is 8. The van der Waals surface area contributed by atoms with Crippen LogP contribution in [-0.4, -0.2) is 38.2 Å². The molecule has 0 aromatic carbocycles. The van der Waals surface area contributed by atoms with Crippen molar-refractivity contribution in [2.24, 2.45) is 0 Å². The van der Waals surface area contributed by atoms with E-state index in [1.165, 1.54) is 0 Å². The molecule has 11 heteroatoms. The first-order chi connectivity index (χ1) is 13.7. The predicted octanol–water partition coefficient (Wildman–Crippen LogP) is -2.06. The van der Waals surface area contributed by atoms with E-state index in [1.54, 1.807) is 93.2 Å². The average molecular weight is 600 g/mol. The number of hydrogen-bond donors (Lipinski definition) is 0. The zero-order chi connectivity index (χ0) is 20.5. The molecule has 0 saturated heterocycles. The second-order valence-corrected chi connectivity index (χ2v) is 4.77. The van der Waals surface area contributed by atoms with Gasteiger partial charge in [-0.05, 0) is 0 Å². The number of aromatic nitrogens is 8. The summed E-state index contributed by atoms with van der Waals surface area (Å²) in [6.45, 7) is 14.1. The summed E-state index contributed by atoms with van der Waals surface area (Å²) in [4.78, 5) is 15.1. The molecule has 31 heavy (non-hydrogen) atoms. The first kappa shape index (κ1) is 32.9. The summed E-state index contributed by atoms with van der Waals surface area (Å²) in [6, 6.07) is 0. The molecule has 8 nitrogen and oxygen atoms in total. The van der Waals surface area contributed by atoms with Gasteiger partial charge in [0, 0.05) is 74.4 Å². The summed E-state index contributed by atoms with van der Waals surface area (Å²) >= 11 is 0. The summed E-state index contributed by atoms with van der Waals surface area (Å²) in [5, 5.41) is 0. The second-order valence-electron chi connectivity index (χ2n) is 4.77. The van der Waals surface area contributed by atoms with Crippen molar-refractivity contribution in [1.29, 1.82) is 0 Å². The van der Waals surface area contributed by atoms with Crippen molar-refractivity contribution in [3.05, 3.63) is 101 Å². The molecule has 4 rings (SSSR count). The van der Waals surface area contributed by atoms with Crippen molar-refractivity contribution < 1.29 is 51.0 Å². The zero-order valence-corrected chi connectivity index (χ0v) is 20.8. The molecule has 0 amide bonds. The maximum Gasteiger partial charge on any atom is 2.00 e. The van der Waals surface area contributed by atoms with E-state index < -0.39 is 0 Å². The molecule has 0 saturated carbocycles. The summed E-state index contributed by atoms with van der Waals surface area (Å²) in [5.74, 6) is 0. The number of hydrogen-bond acceptors (Lipinski definition) is 4. The minimum atomic E-state index is 0. The molecule has 0 spiro atoms. The molecule has 169 valence electrons. The van der Waals surface area contributed by atoms with E-state index in [-0.39, 0.29) is 51.0 Å². The molecule has 4 heterocycles. The molecular formula is C20H24Br2CuN8. The second kappa shape index (κ2) is 22.0. The number of imidazole rings is 4. The first-order valence-corrected chi connectivity index (χ1v) is 8.13. The van der Waals surface area contributed by atoms with Crippen LogP contribution in [0.4, 0.5) is 0 Å². The maximum absolute atomic E-state index is 3.78. The van der Waals surface area contributed by atoms with Gasteiger partial charge in [0.25, 0.3) is 0 Å². The van der Waals surface area contributed by atoms with Gasteiger partial charge in [0.1, 0.15) is 0 Å². The standard InChI is InChI=1S/4C5H6N2.2BrH.Cu/c4*1-2-7-4-3-6-5-7;;;/h4*2-5H,1H2;2*1H;/q;;;;;;+2/p-2. The Morgan fingerprint density at radius 3 is 0.710 bits per heavy atom. The minimum absolute atomic E-state index is 0. The van der Waals surface area contributed by atoms with Crippen molar-refractivity contribution >= 4 is 24.8 Å². The monoisotopic (exact) mass is 597 g/mol. The topological polar surface area (TPSA) is 71.3 Å². The van der Waals surface area contributed by atoms with Gasteiger partial charge < -0.3 is 52.2 Å². The fourth-order valence-corrected chi connectivity index (χ4v) is 1.51. The van der Waals surface area contributed by atoms with Gasteiger partial charge in [-0.2, -0.15) is 0 Å². The predicted molar refractivity (Wildman–Crippen MR) is 114 cm³/mol. The van der Waals surface area contributed by atoms with E-state index in [9.17, 15) is 0 Å².